The largest absolute Gasteiger partial charge is 0.465 e. The van der Waals surface area contributed by atoms with E-state index in [0.717, 1.165) is 0 Å². The van der Waals surface area contributed by atoms with Crippen LogP contribution in [0.15, 0.2) is 29.3 Å². The Bertz CT molecular complexity index is 847. The molecule has 8 heteroatoms. The Morgan fingerprint density at radius 1 is 1.16 bits per heavy atom. The van der Waals surface area contributed by atoms with Crippen molar-refractivity contribution in [2.45, 2.75) is 11.8 Å². The van der Waals surface area contributed by atoms with Gasteiger partial charge in [0.15, 0.2) is 5.41 Å². The van der Waals surface area contributed by atoms with Gasteiger partial charge in [-0.05, 0) is 17.7 Å². The fraction of sp³-hybridized carbons (Fsp3) is 0.412. The number of hydrogen-bond acceptors (Lipinski definition) is 8. The van der Waals surface area contributed by atoms with Crippen molar-refractivity contribution in [3.8, 4) is 12.1 Å². The number of nitrogens with two attached hydrogens (primary N) is 1. The zero-order chi connectivity index (χ0) is 18.5. The molecule has 0 bridgehead atoms. The minimum absolute atomic E-state index is 0.00212. The summed E-state index contributed by atoms with van der Waals surface area (Å²) >= 11 is 0. The quantitative estimate of drug-likeness (QED) is 0.636. The van der Waals surface area contributed by atoms with Crippen molar-refractivity contribution in [1.29, 1.82) is 10.5 Å². The smallest absolute Gasteiger partial charge is 0.337 e. The second-order valence-electron chi connectivity index (χ2n) is 5.87. The number of carbonyl (C=O) groups excluding carboxylic acids is 1. The normalized spacial score (nSPS) is 31.2. The molecule has 2 aliphatic rings. The molecule has 3 atom stereocenters. The molecular weight excluding hydrogens is 324 g/mol. The van der Waals surface area contributed by atoms with Crippen LogP contribution < -0.4 is 5.73 Å². The molecule has 2 N–H and O–H groups in total. The van der Waals surface area contributed by atoms with Crippen molar-refractivity contribution < 1.29 is 19.0 Å². The number of fused-ring (bicyclic) bond motifs is 1. The van der Waals surface area contributed by atoms with Crippen LogP contribution in [0.5, 0.6) is 0 Å². The highest BCUT2D eigenvalue weighted by atomic mass is 16.7. The van der Waals surface area contributed by atoms with Crippen LogP contribution in [-0.4, -0.2) is 39.0 Å². The first-order valence-electron chi connectivity index (χ1n) is 7.41. The molecule has 0 spiro atoms. The maximum absolute atomic E-state index is 11.6. The highest BCUT2D eigenvalue weighted by molar-refractivity contribution is 6.00. The number of benzene rings is 1. The van der Waals surface area contributed by atoms with Gasteiger partial charge in [-0.1, -0.05) is 12.1 Å². The minimum atomic E-state index is -1.66. The van der Waals surface area contributed by atoms with Gasteiger partial charge in [0.1, 0.15) is 11.3 Å². The number of hydrogen-bond donors (Lipinski definition) is 1. The van der Waals surface area contributed by atoms with Crippen molar-refractivity contribution in [2.75, 3.05) is 21.3 Å². The second-order valence-corrected chi connectivity index (χ2v) is 5.87. The van der Waals surface area contributed by atoms with Gasteiger partial charge in [-0.3, -0.25) is 0 Å². The lowest BCUT2D eigenvalue weighted by Gasteiger charge is -2.29. The number of ether oxygens (including phenoxy) is 3. The molecule has 1 aliphatic heterocycles. The minimum Gasteiger partial charge on any atom is -0.465 e. The Balaban J connectivity index is 2.13. The fourth-order valence-corrected chi connectivity index (χ4v) is 3.95. The Labute approximate surface area is 144 Å². The first-order chi connectivity index (χ1) is 11.9. The molecule has 1 saturated carbocycles. The Morgan fingerprint density at radius 2 is 1.76 bits per heavy atom. The summed E-state index contributed by atoms with van der Waals surface area (Å²) < 4.78 is 15.4. The zero-order valence-corrected chi connectivity index (χ0v) is 13.9. The molecule has 0 radical (unpaired) electrons. The molecule has 1 aromatic rings. The molecule has 1 fully saturated rings. The predicted molar refractivity (Wildman–Crippen MR) is 85.0 cm³/mol. The van der Waals surface area contributed by atoms with Gasteiger partial charge < -0.3 is 19.9 Å². The molecule has 1 aliphatic carbocycles. The molecule has 0 unspecified atom stereocenters. The lowest BCUT2D eigenvalue weighted by atomic mass is 9.93. The van der Waals surface area contributed by atoms with Gasteiger partial charge >= 0.3 is 5.97 Å². The number of esters is 1. The van der Waals surface area contributed by atoms with Crippen molar-refractivity contribution >= 4 is 11.8 Å². The summed E-state index contributed by atoms with van der Waals surface area (Å²) in [4.78, 5) is 15.7. The standard InChI is InChI=1S/C17H16N4O4/c1-23-13(22)11-6-4-10(5-7-11)12-15(8-18)14(20)21-17(24-2,25-3)16(12,15)9-19/h4-7,12H,1-3H3,(H2,20,21)/t12-,15-,16+/m1/s1. The highest BCUT2D eigenvalue weighted by Crippen LogP contribution is 2.81. The molecule has 128 valence electrons. The van der Waals surface area contributed by atoms with Gasteiger partial charge in [0.05, 0.1) is 24.8 Å². The predicted octanol–water partition coefficient (Wildman–Crippen LogP) is 0.908. The van der Waals surface area contributed by atoms with E-state index in [9.17, 15) is 15.3 Å². The van der Waals surface area contributed by atoms with Gasteiger partial charge in [0.2, 0.25) is 0 Å². The van der Waals surface area contributed by atoms with Crippen LogP contribution in [-0.2, 0) is 14.2 Å². The molecule has 0 saturated heterocycles. The second kappa shape index (κ2) is 5.28. The maximum Gasteiger partial charge on any atom is 0.337 e. The van der Waals surface area contributed by atoms with Crippen LogP contribution in [0, 0.1) is 33.5 Å². The molecule has 1 heterocycles. The molecular formula is C17H16N4O4. The highest BCUT2D eigenvalue weighted by Gasteiger charge is 2.93. The summed E-state index contributed by atoms with van der Waals surface area (Å²) in [5.41, 5.74) is 4.29. The van der Waals surface area contributed by atoms with E-state index in [0.29, 0.717) is 11.1 Å². The van der Waals surface area contributed by atoms with Crippen molar-refractivity contribution in [1.82, 2.24) is 0 Å². The van der Waals surface area contributed by atoms with Crippen LogP contribution in [0.4, 0.5) is 0 Å². The van der Waals surface area contributed by atoms with Crippen LogP contribution in [0.3, 0.4) is 0 Å². The lowest BCUT2D eigenvalue weighted by Crippen LogP contribution is -2.41. The number of methoxy groups -OCH3 is 3. The third kappa shape index (κ3) is 1.65. The SMILES string of the molecule is COC(=O)c1ccc([C@@H]2[C@]3(C#N)C(N)=NC(OC)(OC)[C@@]23C#N)cc1. The summed E-state index contributed by atoms with van der Waals surface area (Å²) in [5.74, 6) is -2.73. The van der Waals surface area contributed by atoms with E-state index in [1.807, 2.05) is 0 Å². The van der Waals surface area contributed by atoms with Gasteiger partial charge in [-0.25, -0.2) is 9.79 Å². The van der Waals surface area contributed by atoms with Crippen LogP contribution in [0.1, 0.15) is 21.8 Å². The van der Waals surface area contributed by atoms with Gasteiger partial charge in [0, 0.05) is 20.1 Å². The Kier molecular flexibility index (Phi) is 3.57. The first kappa shape index (κ1) is 16.9. The summed E-state index contributed by atoms with van der Waals surface area (Å²) in [6.45, 7) is 0. The first-order valence-corrected chi connectivity index (χ1v) is 7.41. The van der Waals surface area contributed by atoms with Gasteiger partial charge in [-0.15, -0.1) is 0 Å². The van der Waals surface area contributed by atoms with E-state index in [1.165, 1.54) is 21.3 Å². The number of amidine groups is 1. The maximum atomic E-state index is 11.6. The molecule has 25 heavy (non-hydrogen) atoms. The Morgan fingerprint density at radius 3 is 2.20 bits per heavy atom. The van der Waals surface area contributed by atoms with E-state index in [2.05, 4.69) is 21.9 Å². The Hall–Kier alpha value is -2.94. The number of carbonyl (C=O) groups is 1. The summed E-state index contributed by atoms with van der Waals surface area (Å²) in [6, 6.07) is 10.8. The van der Waals surface area contributed by atoms with E-state index in [1.54, 1.807) is 24.3 Å². The average molecular weight is 340 g/mol. The molecule has 0 aromatic heterocycles. The molecule has 8 nitrogen and oxygen atoms in total. The van der Waals surface area contributed by atoms with E-state index in [-0.39, 0.29) is 5.84 Å². The molecule has 0 amide bonds. The van der Waals surface area contributed by atoms with Crippen molar-refractivity contribution in [3.63, 3.8) is 0 Å². The number of rotatable bonds is 4. The molecule has 3 rings (SSSR count). The monoisotopic (exact) mass is 340 g/mol. The third-order valence-corrected chi connectivity index (χ3v) is 5.15. The fourth-order valence-electron chi connectivity index (χ4n) is 3.95. The summed E-state index contributed by atoms with van der Waals surface area (Å²) in [6.07, 6.45) is 0. The van der Waals surface area contributed by atoms with Crippen molar-refractivity contribution in [2.24, 2.45) is 21.6 Å². The molecule has 1 aromatic carbocycles. The third-order valence-electron chi connectivity index (χ3n) is 5.15. The van der Waals surface area contributed by atoms with Gasteiger partial charge in [-0.2, -0.15) is 10.5 Å². The number of nitrogens with zero attached hydrogens (tertiary/aromatic N) is 3. The van der Waals surface area contributed by atoms with E-state index in [4.69, 9.17) is 15.2 Å². The van der Waals surface area contributed by atoms with Crippen LogP contribution >= 0.6 is 0 Å². The average Bonchev–Trinajstić information content (AvgIpc) is 3.23. The lowest BCUT2D eigenvalue weighted by molar-refractivity contribution is -0.230. The number of nitriles is 2. The topological polar surface area (TPSA) is 131 Å². The van der Waals surface area contributed by atoms with Crippen molar-refractivity contribution in [3.05, 3.63) is 35.4 Å². The summed E-state index contributed by atoms with van der Waals surface area (Å²) in [7, 11) is 3.99. The van der Waals surface area contributed by atoms with Crippen LogP contribution in [0.2, 0.25) is 0 Å². The van der Waals surface area contributed by atoms with Gasteiger partial charge in [0.25, 0.3) is 5.91 Å². The zero-order valence-electron chi connectivity index (χ0n) is 13.9. The van der Waals surface area contributed by atoms with Crippen LogP contribution in [0.25, 0.3) is 0 Å². The van der Waals surface area contributed by atoms with E-state index >= 15 is 0 Å². The van der Waals surface area contributed by atoms with E-state index < -0.39 is 28.6 Å². The summed E-state index contributed by atoms with van der Waals surface area (Å²) in [5, 5.41) is 19.7. The number of aliphatic imine (C=N–C) groups is 1.